The first-order valence-electron chi connectivity index (χ1n) is 5.76. The Bertz CT molecular complexity index is 326. The Kier molecular flexibility index (Phi) is 9.37. The van der Waals surface area contributed by atoms with Gasteiger partial charge in [0.2, 0.25) is 0 Å². The molecule has 0 aliphatic carbocycles. The van der Waals surface area contributed by atoms with E-state index in [0.29, 0.717) is 39.9 Å². The summed E-state index contributed by atoms with van der Waals surface area (Å²) in [5.74, 6) is 0. The van der Waals surface area contributed by atoms with Crippen molar-refractivity contribution >= 4 is 87.5 Å². The first-order valence-corrected chi connectivity index (χ1v) is 12.8. The van der Waals surface area contributed by atoms with Gasteiger partial charge in [-0.25, -0.2) is 4.57 Å². The highest BCUT2D eigenvalue weighted by Gasteiger charge is 2.43. The van der Waals surface area contributed by atoms with Crippen molar-refractivity contribution < 1.29 is 18.1 Å². The summed E-state index contributed by atoms with van der Waals surface area (Å²) in [5, 5.41) is 3.55. The average Bonchev–Trinajstić information content (AvgIpc) is 2.51. The van der Waals surface area contributed by atoms with Crippen LogP contribution in [0.15, 0.2) is 0 Å². The summed E-state index contributed by atoms with van der Waals surface area (Å²) in [4.78, 5) is 0. The molecule has 0 atom stereocenters. The zero-order valence-electron chi connectivity index (χ0n) is 10.6. The fraction of sp³-hybridized carbons (Fsp3) is 1.00. The highest BCUT2D eigenvalue weighted by molar-refractivity contribution is 9.10. The minimum Gasteiger partial charge on any atom is -0.286 e. The summed E-state index contributed by atoms with van der Waals surface area (Å²) in [6.07, 6.45) is 0. The van der Waals surface area contributed by atoms with Crippen molar-refractivity contribution in [2.24, 2.45) is 10.8 Å². The van der Waals surface area contributed by atoms with Gasteiger partial charge in [0.05, 0.1) is 19.8 Å². The summed E-state index contributed by atoms with van der Waals surface area (Å²) in [7, 11) is -3.46. The Balaban J connectivity index is 2.59. The molecule has 0 bridgehead atoms. The Morgan fingerprint density at radius 2 is 1.45 bits per heavy atom. The summed E-state index contributed by atoms with van der Waals surface area (Å²) in [5.41, 5.74) is -0.391. The third kappa shape index (κ3) is 5.26. The largest absolute Gasteiger partial charge is 0.474 e. The van der Waals surface area contributed by atoms with Crippen LogP contribution in [0.3, 0.4) is 0 Å². The van der Waals surface area contributed by atoms with E-state index in [9.17, 15) is 4.57 Å². The van der Waals surface area contributed by atoms with E-state index in [1.54, 1.807) is 0 Å². The van der Waals surface area contributed by atoms with E-state index >= 15 is 0 Å². The normalized spacial score (nSPS) is 21.9. The molecule has 1 aliphatic heterocycles. The molecule has 120 valence electrons. The molecular formula is C10H16Br5O4P. The summed E-state index contributed by atoms with van der Waals surface area (Å²) < 4.78 is 28.7. The molecule has 0 radical (unpaired) electrons. The van der Waals surface area contributed by atoms with Crippen LogP contribution in [0.1, 0.15) is 0 Å². The summed E-state index contributed by atoms with van der Waals surface area (Å²) >= 11 is 17.2. The smallest absolute Gasteiger partial charge is 0.286 e. The molecule has 0 saturated carbocycles. The lowest BCUT2D eigenvalue weighted by molar-refractivity contribution is -0.000247. The van der Waals surface area contributed by atoms with E-state index in [0.717, 1.165) is 0 Å². The van der Waals surface area contributed by atoms with Crippen LogP contribution in [-0.4, -0.2) is 46.5 Å². The standard InChI is InChI=1S/C10H16Br5O4P/c11-1-9(2-12,3-13)6-17-20(16)18-7-10(4-14,5-15)8-19-20/h1-8H2. The second-order valence-electron chi connectivity index (χ2n) is 4.94. The Hall–Kier alpha value is 2.51. The van der Waals surface area contributed by atoms with Crippen molar-refractivity contribution in [3.63, 3.8) is 0 Å². The van der Waals surface area contributed by atoms with Crippen molar-refractivity contribution in [3.05, 3.63) is 0 Å². The quantitative estimate of drug-likeness (QED) is 0.277. The number of rotatable bonds is 8. The minimum absolute atomic E-state index is 0.191. The molecular weight excluding hydrogens is 615 g/mol. The first-order chi connectivity index (χ1) is 9.42. The van der Waals surface area contributed by atoms with Crippen LogP contribution in [0.5, 0.6) is 0 Å². The zero-order chi connectivity index (χ0) is 15.3. The van der Waals surface area contributed by atoms with E-state index in [-0.39, 0.29) is 17.4 Å². The molecule has 0 aromatic rings. The fourth-order valence-corrected chi connectivity index (χ4v) is 7.58. The molecule has 0 unspecified atom stereocenters. The number of alkyl halides is 5. The van der Waals surface area contributed by atoms with Gasteiger partial charge in [0, 0.05) is 37.5 Å². The molecule has 1 rings (SSSR count). The molecule has 0 amide bonds. The highest BCUT2D eigenvalue weighted by atomic mass is 79.9. The first kappa shape index (κ1) is 20.6. The van der Waals surface area contributed by atoms with Gasteiger partial charge in [0.15, 0.2) is 0 Å². The third-order valence-corrected chi connectivity index (χ3v) is 10.3. The van der Waals surface area contributed by atoms with Crippen LogP contribution in [-0.2, 0) is 18.1 Å². The van der Waals surface area contributed by atoms with E-state index < -0.39 is 7.82 Å². The van der Waals surface area contributed by atoms with Crippen LogP contribution in [0.25, 0.3) is 0 Å². The van der Waals surface area contributed by atoms with Crippen LogP contribution >= 0.6 is 87.5 Å². The topological polar surface area (TPSA) is 44.8 Å². The van der Waals surface area contributed by atoms with Gasteiger partial charge in [0.25, 0.3) is 0 Å². The van der Waals surface area contributed by atoms with Gasteiger partial charge in [-0.05, 0) is 0 Å². The van der Waals surface area contributed by atoms with Gasteiger partial charge in [-0.15, -0.1) is 0 Å². The van der Waals surface area contributed by atoms with Gasteiger partial charge in [0.1, 0.15) is 0 Å². The maximum atomic E-state index is 12.4. The minimum atomic E-state index is -3.46. The second kappa shape index (κ2) is 9.11. The van der Waals surface area contributed by atoms with Crippen molar-refractivity contribution in [2.75, 3.05) is 46.5 Å². The van der Waals surface area contributed by atoms with Crippen molar-refractivity contribution in [3.8, 4) is 0 Å². The summed E-state index contributed by atoms with van der Waals surface area (Å²) in [6.45, 7) is 0.955. The van der Waals surface area contributed by atoms with E-state index in [1.807, 2.05) is 0 Å². The molecule has 0 aromatic carbocycles. The predicted molar refractivity (Wildman–Crippen MR) is 99.3 cm³/mol. The van der Waals surface area contributed by atoms with Gasteiger partial charge in [-0.2, -0.15) is 0 Å². The molecule has 4 nitrogen and oxygen atoms in total. The maximum Gasteiger partial charge on any atom is 0.474 e. The Labute approximate surface area is 161 Å². The molecule has 0 spiro atoms. The summed E-state index contributed by atoms with van der Waals surface area (Å²) in [6, 6.07) is 0. The second-order valence-corrected chi connectivity index (χ2v) is 9.41. The van der Waals surface area contributed by atoms with Gasteiger partial charge < -0.3 is 0 Å². The van der Waals surface area contributed by atoms with Gasteiger partial charge in [-0.3, -0.25) is 13.6 Å². The SMILES string of the molecule is O=P1(OCC(CBr)(CBr)CBr)OCC(CBr)(CBr)CO1. The van der Waals surface area contributed by atoms with Crippen LogP contribution in [0, 0.1) is 10.8 Å². The van der Waals surface area contributed by atoms with E-state index in [4.69, 9.17) is 13.6 Å². The molecule has 1 aliphatic rings. The van der Waals surface area contributed by atoms with E-state index in [2.05, 4.69) is 79.6 Å². The lowest BCUT2D eigenvalue weighted by Gasteiger charge is -2.37. The van der Waals surface area contributed by atoms with E-state index in [1.165, 1.54) is 0 Å². The van der Waals surface area contributed by atoms with Crippen LogP contribution in [0.2, 0.25) is 0 Å². The average molecular weight is 631 g/mol. The number of hydrogen-bond donors (Lipinski definition) is 0. The van der Waals surface area contributed by atoms with Crippen molar-refractivity contribution in [1.82, 2.24) is 0 Å². The number of hydrogen-bond acceptors (Lipinski definition) is 4. The monoisotopic (exact) mass is 626 g/mol. The maximum absolute atomic E-state index is 12.4. The molecule has 0 aromatic heterocycles. The molecule has 1 saturated heterocycles. The molecule has 10 heteroatoms. The fourth-order valence-electron chi connectivity index (χ4n) is 1.21. The van der Waals surface area contributed by atoms with Crippen molar-refractivity contribution in [2.45, 2.75) is 0 Å². The molecule has 1 fully saturated rings. The Morgan fingerprint density at radius 3 is 1.80 bits per heavy atom. The number of halogens is 5. The van der Waals surface area contributed by atoms with Gasteiger partial charge in [-0.1, -0.05) is 79.6 Å². The lowest BCUT2D eigenvalue weighted by Crippen LogP contribution is -2.39. The molecule has 1 heterocycles. The lowest BCUT2D eigenvalue weighted by atomic mass is 9.96. The van der Waals surface area contributed by atoms with Gasteiger partial charge >= 0.3 is 7.82 Å². The highest BCUT2D eigenvalue weighted by Crippen LogP contribution is 2.56. The number of phosphoric acid groups is 1. The predicted octanol–water partition coefficient (Wildman–Crippen LogP) is 5.11. The number of phosphoric ester groups is 1. The zero-order valence-corrected chi connectivity index (χ0v) is 19.5. The third-order valence-electron chi connectivity index (χ3n) is 3.00. The molecule has 0 N–H and O–H groups in total. The van der Waals surface area contributed by atoms with Crippen LogP contribution in [0.4, 0.5) is 0 Å². The van der Waals surface area contributed by atoms with Crippen LogP contribution < -0.4 is 0 Å². The Morgan fingerprint density at radius 1 is 1.00 bits per heavy atom. The molecule has 20 heavy (non-hydrogen) atoms. The van der Waals surface area contributed by atoms with Crippen molar-refractivity contribution in [1.29, 1.82) is 0 Å².